The molecule has 2 atom stereocenters. The summed E-state index contributed by atoms with van der Waals surface area (Å²) >= 11 is 0. The number of imidazole rings is 1. The number of pyridine rings is 3. The van der Waals surface area contributed by atoms with Crippen LogP contribution in [0.25, 0.3) is 27.7 Å². The third kappa shape index (κ3) is 3.77. The van der Waals surface area contributed by atoms with Crippen LogP contribution >= 0.6 is 0 Å². The van der Waals surface area contributed by atoms with Crippen molar-refractivity contribution >= 4 is 40.3 Å². The van der Waals surface area contributed by atoms with Gasteiger partial charge >= 0.3 is 0 Å². The number of hydrogen-bond acceptors (Lipinski definition) is 6. The van der Waals surface area contributed by atoms with E-state index in [1.807, 2.05) is 42.6 Å². The Morgan fingerprint density at radius 3 is 2.73 bits per heavy atom. The molecule has 5 rings (SSSR count). The molecule has 33 heavy (non-hydrogen) atoms. The predicted octanol–water partition coefficient (Wildman–Crippen LogP) is 4.01. The van der Waals surface area contributed by atoms with Gasteiger partial charge in [0.2, 0.25) is 5.91 Å². The summed E-state index contributed by atoms with van der Waals surface area (Å²) in [6, 6.07) is 5.64. The Balaban J connectivity index is 1.53. The minimum atomic E-state index is -0.265. The second kappa shape index (κ2) is 8.20. The minimum Gasteiger partial charge on any atom is -0.310 e. The van der Waals surface area contributed by atoms with E-state index in [9.17, 15) is 14.4 Å². The Kier molecular flexibility index (Phi) is 5.20. The Morgan fingerprint density at radius 2 is 2.00 bits per heavy atom. The third-order valence-corrected chi connectivity index (χ3v) is 6.12. The topological polar surface area (TPSA) is 106 Å². The number of aldehydes is 1. The molecule has 0 aromatic carbocycles. The third-order valence-electron chi connectivity index (χ3n) is 6.12. The van der Waals surface area contributed by atoms with Gasteiger partial charge in [-0.15, -0.1) is 0 Å². The molecule has 1 saturated carbocycles. The monoisotopic (exact) mass is 441 g/mol. The van der Waals surface area contributed by atoms with Gasteiger partial charge in [0.1, 0.15) is 23.4 Å². The van der Waals surface area contributed by atoms with Crippen LogP contribution in [0.5, 0.6) is 0 Å². The van der Waals surface area contributed by atoms with Crippen LogP contribution in [0, 0.1) is 18.8 Å². The molecule has 8 heteroatoms. The van der Waals surface area contributed by atoms with Gasteiger partial charge in [-0.3, -0.25) is 19.0 Å². The number of carbonyl (C=O) groups excluding carboxylic acids is 3. The number of rotatable bonds is 7. The van der Waals surface area contributed by atoms with Crippen molar-refractivity contribution < 1.29 is 14.4 Å². The van der Waals surface area contributed by atoms with Crippen molar-refractivity contribution in [3.05, 3.63) is 54.2 Å². The second-order valence-electron chi connectivity index (χ2n) is 8.50. The quantitative estimate of drug-likeness (QED) is 0.343. The maximum absolute atomic E-state index is 12.3. The SMILES string of the molecule is CCCC(=O)c1cc(C)c(-c2cc3cnc(NC(=O)C4CC4C=O)cc3n3ccnc23)cn1. The summed E-state index contributed by atoms with van der Waals surface area (Å²) in [5.41, 5.74) is 4.79. The van der Waals surface area contributed by atoms with E-state index in [2.05, 4.69) is 20.3 Å². The smallest absolute Gasteiger partial charge is 0.229 e. The molecule has 1 aliphatic rings. The van der Waals surface area contributed by atoms with Crippen molar-refractivity contribution in [3.8, 4) is 11.1 Å². The molecule has 1 amide bonds. The molecule has 1 aliphatic carbocycles. The van der Waals surface area contributed by atoms with Gasteiger partial charge < -0.3 is 10.1 Å². The number of aromatic nitrogens is 4. The van der Waals surface area contributed by atoms with Gasteiger partial charge in [0.15, 0.2) is 5.78 Å². The first kappa shape index (κ1) is 20.9. The van der Waals surface area contributed by atoms with Crippen LogP contribution in [-0.2, 0) is 9.59 Å². The molecule has 4 aromatic rings. The van der Waals surface area contributed by atoms with E-state index in [-0.39, 0.29) is 23.5 Å². The molecule has 1 N–H and O–H groups in total. The summed E-state index contributed by atoms with van der Waals surface area (Å²) in [7, 11) is 0. The van der Waals surface area contributed by atoms with Crippen molar-refractivity contribution in [1.29, 1.82) is 0 Å². The fourth-order valence-corrected chi connectivity index (χ4v) is 4.19. The normalized spacial score (nSPS) is 17.3. The zero-order chi connectivity index (χ0) is 23.1. The molecule has 0 saturated heterocycles. The molecule has 0 bridgehead atoms. The van der Waals surface area contributed by atoms with E-state index >= 15 is 0 Å². The van der Waals surface area contributed by atoms with Gasteiger partial charge in [-0.25, -0.2) is 9.97 Å². The Morgan fingerprint density at radius 1 is 1.15 bits per heavy atom. The fraction of sp³-hybridized carbons (Fsp3) is 0.280. The maximum Gasteiger partial charge on any atom is 0.229 e. The average molecular weight is 441 g/mol. The number of nitrogens with one attached hydrogen (secondary N) is 1. The van der Waals surface area contributed by atoms with Crippen LogP contribution in [0.1, 0.15) is 42.2 Å². The van der Waals surface area contributed by atoms with E-state index in [0.717, 1.165) is 45.9 Å². The molecular weight excluding hydrogens is 418 g/mol. The molecule has 0 radical (unpaired) electrons. The second-order valence-corrected chi connectivity index (χ2v) is 8.50. The fourth-order valence-electron chi connectivity index (χ4n) is 4.19. The van der Waals surface area contributed by atoms with E-state index < -0.39 is 0 Å². The summed E-state index contributed by atoms with van der Waals surface area (Å²) in [5.74, 6) is -0.159. The molecule has 4 heterocycles. The van der Waals surface area contributed by atoms with Crippen LogP contribution in [0.2, 0.25) is 0 Å². The number of nitrogens with zero attached hydrogens (tertiary/aromatic N) is 4. The van der Waals surface area contributed by atoms with Crippen molar-refractivity contribution in [2.45, 2.75) is 33.1 Å². The first-order valence-electron chi connectivity index (χ1n) is 11.0. The largest absolute Gasteiger partial charge is 0.310 e. The van der Waals surface area contributed by atoms with E-state index in [0.29, 0.717) is 24.4 Å². The van der Waals surface area contributed by atoms with Crippen molar-refractivity contribution in [2.75, 3.05) is 5.32 Å². The van der Waals surface area contributed by atoms with Crippen LogP contribution < -0.4 is 5.32 Å². The van der Waals surface area contributed by atoms with Crippen LogP contribution in [-0.4, -0.2) is 37.3 Å². The number of hydrogen-bond donors (Lipinski definition) is 1. The van der Waals surface area contributed by atoms with Crippen LogP contribution in [0.3, 0.4) is 0 Å². The van der Waals surface area contributed by atoms with Crippen molar-refractivity contribution in [3.63, 3.8) is 0 Å². The van der Waals surface area contributed by atoms with Crippen LogP contribution in [0.4, 0.5) is 5.82 Å². The number of aryl methyl sites for hydroxylation is 1. The number of amides is 1. The number of anilines is 1. The first-order chi connectivity index (χ1) is 16.0. The number of Topliss-reactive ketones (excluding diaryl/α,β-unsaturated/α-hetero) is 1. The summed E-state index contributed by atoms with van der Waals surface area (Å²) in [6.45, 7) is 3.94. The minimum absolute atomic E-state index is 0.0426. The van der Waals surface area contributed by atoms with Crippen molar-refractivity contribution in [2.24, 2.45) is 11.8 Å². The van der Waals surface area contributed by atoms with Gasteiger partial charge in [-0.2, -0.15) is 0 Å². The Hall–Kier alpha value is -3.94. The lowest BCUT2D eigenvalue weighted by molar-refractivity contribution is -0.119. The summed E-state index contributed by atoms with van der Waals surface area (Å²) < 4.78 is 1.95. The van der Waals surface area contributed by atoms with Gasteiger partial charge in [0, 0.05) is 65.6 Å². The number of carbonyl (C=O) groups is 3. The lowest BCUT2D eigenvalue weighted by Gasteiger charge is -2.12. The molecule has 4 aromatic heterocycles. The van der Waals surface area contributed by atoms with E-state index in [1.54, 1.807) is 18.6 Å². The molecule has 0 aliphatic heterocycles. The molecule has 0 spiro atoms. The highest BCUT2D eigenvalue weighted by Gasteiger charge is 2.42. The molecule has 1 fully saturated rings. The van der Waals surface area contributed by atoms with Gasteiger partial charge in [0.25, 0.3) is 0 Å². The summed E-state index contributed by atoms with van der Waals surface area (Å²) in [4.78, 5) is 48.8. The lowest BCUT2D eigenvalue weighted by Crippen LogP contribution is -2.16. The van der Waals surface area contributed by atoms with Gasteiger partial charge in [0.05, 0.1) is 5.52 Å². The van der Waals surface area contributed by atoms with E-state index in [1.165, 1.54) is 0 Å². The maximum atomic E-state index is 12.3. The van der Waals surface area contributed by atoms with Crippen LogP contribution in [0.15, 0.2) is 43.0 Å². The molecule has 8 nitrogen and oxygen atoms in total. The summed E-state index contributed by atoms with van der Waals surface area (Å²) in [6.07, 6.45) is 9.71. The number of ketones is 1. The van der Waals surface area contributed by atoms with Gasteiger partial charge in [-0.05, 0) is 37.5 Å². The molecular formula is C25H23N5O3. The highest BCUT2D eigenvalue weighted by atomic mass is 16.2. The van der Waals surface area contributed by atoms with Gasteiger partial charge in [-0.1, -0.05) is 6.92 Å². The average Bonchev–Trinajstić information content (AvgIpc) is 3.45. The Labute approximate surface area is 190 Å². The van der Waals surface area contributed by atoms with E-state index in [4.69, 9.17) is 0 Å². The number of fused-ring (bicyclic) bond motifs is 3. The van der Waals surface area contributed by atoms with Crippen molar-refractivity contribution in [1.82, 2.24) is 19.4 Å². The highest BCUT2D eigenvalue weighted by Crippen LogP contribution is 2.37. The summed E-state index contributed by atoms with van der Waals surface area (Å²) in [5, 5.41) is 3.69. The molecule has 166 valence electrons. The predicted molar refractivity (Wildman–Crippen MR) is 124 cm³/mol. The zero-order valence-corrected chi connectivity index (χ0v) is 18.4. The first-order valence-corrected chi connectivity index (χ1v) is 11.0. The lowest BCUT2D eigenvalue weighted by atomic mass is 10.0. The highest BCUT2D eigenvalue weighted by molar-refractivity contribution is 5.99. The standard InChI is InChI=1S/C25H23N5O3/c1-3-4-22(32)20-7-14(2)19(12-27-20)18-8-15-11-28-23(29-25(33)17-9-16(17)13-31)10-21(15)30-6-5-26-24(18)30/h5-8,10-13,16-17H,3-4,9H2,1-2H3,(H,28,29,33). The Bertz CT molecular complexity index is 1420. The molecule has 2 unspecified atom stereocenters. The zero-order valence-electron chi connectivity index (χ0n) is 18.4.